The standard InChI is InChI=1S/C25H21N3O3/c1-17-9-11-21(12-10-17)28-24(29)19-6-3-5-18(13-19)20-15-26-25(27-16-20)31-23-8-4-7-22(14-23)30-2/h3-16H,1-2H3,(H,28,29). The SMILES string of the molecule is COc1cccc(Oc2ncc(-c3cccc(C(=O)Nc4ccc(C)cc4)c3)cn2)c1. The molecule has 0 aliphatic carbocycles. The van der Waals surface area contributed by atoms with Gasteiger partial charge in [0.05, 0.1) is 7.11 Å². The Bertz CT molecular complexity index is 1190. The molecule has 154 valence electrons. The van der Waals surface area contributed by atoms with Gasteiger partial charge >= 0.3 is 6.01 Å². The van der Waals surface area contributed by atoms with Crippen molar-refractivity contribution in [2.24, 2.45) is 0 Å². The number of hydrogen-bond acceptors (Lipinski definition) is 5. The van der Waals surface area contributed by atoms with Gasteiger partial charge in [0.2, 0.25) is 0 Å². The number of carbonyl (C=O) groups excluding carboxylic acids is 1. The number of rotatable bonds is 6. The van der Waals surface area contributed by atoms with Gasteiger partial charge in [0, 0.05) is 35.3 Å². The van der Waals surface area contributed by atoms with Gasteiger partial charge in [-0.15, -0.1) is 0 Å². The molecule has 1 aromatic heterocycles. The molecule has 0 saturated carbocycles. The lowest BCUT2D eigenvalue weighted by Gasteiger charge is -2.08. The molecule has 0 radical (unpaired) electrons. The maximum atomic E-state index is 12.6. The molecule has 4 rings (SSSR count). The van der Waals surface area contributed by atoms with Crippen LogP contribution in [0.15, 0.2) is 85.2 Å². The lowest BCUT2D eigenvalue weighted by Crippen LogP contribution is -2.11. The third-order valence-corrected chi connectivity index (χ3v) is 4.65. The van der Waals surface area contributed by atoms with Crippen LogP contribution in [0.25, 0.3) is 11.1 Å². The van der Waals surface area contributed by atoms with Crippen LogP contribution in [0, 0.1) is 6.92 Å². The molecule has 1 amide bonds. The van der Waals surface area contributed by atoms with Crippen LogP contribution in [-0.4, -0.2) is 23.0 Å². The van der Waals surface area contributed by atoms with E-state index in [9.17, 15) is 4.79 Å². The van der Waals surface area contributed by atoms with Crippen molar-refractivity contribution in [3.05, 3.63) is 96.3 Å². The summed E-state index contributed by atoms with van der Waals surface area (Å²) in [7, 11) is 1.60. The summed E-state index contributed by atoms with van der Waals surface area (Å²) < 4.78 is 10.9. The van der Waals surface area contributed by atoms with Gasteiger partial charge < -0.3 is 14.8 Å². The predicted molar refractivity (Wildman–Crippen MR) is 120 cm³/mol. The van der Waals surface area contributed by atoms with E-state index in [4.69, 9.17) is 9.47 Å². The summed E-state index contributed by atoms with van der Waals surface area (Å²) in [6, 6.07) is 22.4. The number of nitrogens with zero attached hydrogens (tertiary/aromatic N) is 2. The first-order chi connectivity index (χ1) is 15.1. The van der Waals surface area contributed by atoms with Crippen LogP contribution in [0.4, 0.5) is 5.69 Å². The topological polar surface area (TPSA) is 73.3 Å². The Labute approximate surface area is 180 Å². The highest BCUT2D eigenvalue weighted by Gasteiger charge is 2.09. The second-order valence-electron chi connectivity index (χ2n) is 6.94. The number of anilines is 1. The molecule has 0 bridgehead atoms. The van der Waals surface area contributed by atoms with E-state index in [0.29, 0.717) is 17.1 Å². The molecule has 0 saturated heterocycles. The van der Waals surface area contributed by atoms with E-state index in [1.54, 1.807) is 37.7 Å². The smallest absolute Gasteiger partial charge is 0.321 e. The Morgan fingerprint density at radius 3 is 2.29 bits per heavy atom. The summed E-state index contributed by atoms with van der Waals surface area (Å²) in [5, 5.41) is 2.91. The van der Waals surface area contributed by atoms with E-state index >= 15 is 0 Å². The monoisotopic (exact) mass is 411 g/mol. The van der Waals surface area contributed by atoms with Crippen molar-refractivity contribution >= 4 is 11.6 Å². The number of ether oxygens (including phenoxy) is 2. The van der Waals surface area contributed by atoms with Gasteiger partial charge in [-0.2, -0.15) is 0 Å². The summed E-state index contributed by atoms with van der Waals surface area (Å²) >= 11 is 0. The molecule has 0 aliphatic rings. The molecule has 1 heterocycles. The number of aromatic nitrogens is 2. The molecule has 0 spiro atoms. The largest absolute Gasteiger partial charge is 0.497 e. The summed E-state index contributed by atoms with van der Waals surface area (Å²) in [6.45, 7) is 2.00. The molecular weight excluding hydrogens is 390 g/mol. The van der Waals surface area contributed by atoms with E-state index in [-0.39, 0.29) is 11.9 Å². The lowest BCUT2D eigenvalue weighted by atomic mass is 10.1. The van der Waals surface area contributed by atoms with Crippen molar-refractivity contribution in [1.29, 1.82) is 0 Å². The van der Waals surface area contributed by atoms with Crippen molar-refractivity contribution in [3.8, 4) is 28.6 Å². The number of carbonyl (C=O) groups is 1. The minimum absolute atomic E-state index is 0.176. The van der Waals surface area contributed by atoms with E-state index in [0.717, 1.165) is 22.4 Å². The fourth-order valence-corrected chi connectivity index (χ4v) is 2.97. The highest BCUT2D eigenvalue weighted by Crippen LogP contribution is 2.25. The van der Waals surface area contributed by atoms with Crippen molar-refractivity contribution < 1.29 is 14.3 Å². The number of aryl methyl sites for hydroxylation is 1. The van der Waals surface area contributed by atoms with Crippen molar-refractivity contribution in [2.75, 3.05) is 12.4 Å². The fraction of sp³-hybridized carbons (Fsp3) is 0.0800. The Balaban J connectivity index is 1.48. The second kappa shape index (κ2) is 9.09. The van der Waals surface area contributed by atoms with Crippen molar-refractivity contribution in [2.45, 2.75) is 6.92 Å². The minimum atomic E-state index is -0.176. The zero-order chi connectivity index (χ0) is 21.6. The maximum Gasteiger partial charge on any atom is 0.321 e. The van der Waals surface area contributed by atoms with Crippen LogP contribution in [0.3, 0.4) is 0 Å². The van der Waals surface area contributed by atoms with E-state index in [1.807, 2.05) is 61.5 Å². The molecule has 3 aromatic carbocycles. The third-order valence-electron chi connectivity index (χ3n) is 4.65. The number of nitrogens with one attached hydrogen (secondary N) is 1. The maximum absolute atomic E-state index is 12.6. The quantitative estimate of drug-likeness (QED) is 0.453. The van der Waals surface area contributed by atoms with Gasteiger partial charge in [-0.1, -0.05) is 35.9 Å². The normalized spacial score (nSPS) is 10.4. The Kier molecular flexibility index (Phi) is 5.89. The van der Waals surface area contributed by atoms with E-state index in [1.165, 1.54) is 0 Å². The first kappa shape index (κ1) is 20.1. The number of amides is 1. The van der Waals surface area contributed by atoms with Gasteiger partial charge in [-0.05, 0) is 48.9 Å². The third kappa shape index (κ3) is 5.05. The average Bonchev–Trinajstić information content (AvgIpc) is 2.81. The van der Waals surface area contributed by atoms with Gasteiger partial charge in [-0.3, -0.25) is 4.79 Å². The van der Waals surface area contributed by atoms with Crippen LogP contribution in [0.1, 0.15) is 15.9 Å². The number of methoxy groups -OCH3 is 1. The number of benzene rings is 3. The zero-order valence-corrected chi connectivity index (χ0v) is 17.2. The highest BCUT2D eigenvalue weighted by molar-refractivity contribution is 6.04. The van der Waals surface area contributed by atoms with Crippen LogP contribution in [-0.2, 0) is 0 Å². The molecule has 0 atom stereocenters. The highest BCUT2D eigenvalue weighted by atomic mass is 16.5. The second-order valence-corrected chi connectivity index (χ2v) is 6.94. The molecule has 0 fully saturated rings. The summed E-state index contributed by atoms with van der Waals surface area (Å²) in [4.78, 5) is 21.2. The summed E-state index contributed by atoms with van der Waals surface area (Å²) in [5.74, 6) is 1.10. The molecule has 0 unspecified atom stereocenters. The van der Waals surface area contributed by atoms with Gasteiger partial charge in [-0.25, -0.2) is 9.97 Å². The Morgan fingerprint density at radius 2 is 1.55 bits per heavy atom. The van der Waals surface area contributed by atoms with Crippen LogP contribution >= 0.6 is 0 Å². The van der Waals surface area contributed by atoms with E-state index in [2.05, 4.69) is 15.3 Å². The molecule has 4 aromatic rings. The molecule has 1 N–H and O–H groups in total. The van der Waals surface area contributed by atoms with Crippen LogP contribution in [0.5, 0.6) is 17.5 Å². The lowest BCUT2D eigenvalue weighted by molar-refractivity contribution is 0.102. The van der Waals surface area contributed by atoms with Crippen molar-refractivity contribution in [3.63, 3.8) is 0 Å². The van der Waals surface area contributed by atoms with Gasteiger partial charge in [0.25, 0.3) is 5.91 Å². The molecule has 0 aliphatic heterocycles. The molecule has 31 heavy (non-hydrogen) atoms. The fourth-order valence-electron chi connectivity index (χ4n) is 2.97. The van der Waals surface area contributed by atoms with Crippen molar-refractivity contribution in [1.82, 2.24) is 9.97 Å². The Morgan fingerprint density at radius 1 is 0.839 bits per heavy atom. The predicted octanol–water partition coefficient (Wildman–Crippen LogP) is 5.51. The summed E-state index contributed by atoms with van der Waals surface area (Å²) in [5.41, 5.74) is 4.06. The molecule has 6 heteroatoms. The molecular formula is C25H21N3O3. The first-order valence-corrected chi connectivity index (χ1v) is 9.73. The minimum Gasteiger partial charge on any atom is -0.497 e. The molecule has 6 nitrogen and oxygen atoms in total. The summed E-state index contributed by atoms with van der Waals surface area (Å²) in [6.07, 6.45) is 3.33. The van der Waals surface area contributed by atoms with Crippen LogP contribution in [0.2, 0.25) is 0 Å². The first-order valence-electron chi connectivity index (χ1n) is 9.73. The number of hydrogen-bond donors (Lipinski definition) is 1. The Hall–Kier alpha value is -4.19. The van der Waals surface area contributed by atoms with Crippen LogP contribution < -0.4 is 14.8 Å². The van der Waals surface area contributed by atoms with Gasteiger partial charge in [0.1, 0.15) is 11.5 Å². The average molecular weight is 411 g/mol. The van der Waals surface area contributed by atoms with Gasteiger partial charge in [0.15, 0.2) is 0 Å². The van der Waals surface area contributed by atoms with E-state index < -0.39 is 0 Å². The zero-order valence-electron chi connectivity index (χ0n) is 17.2.